The number of methoxy groups -OCH3 is 2. The highest BCUT2D eigenvalue weighted by atomic mass is 16.5. The first-order valence-electron chi connectivity index (χ1n) is 7.50. The van der Waals surface area contributed by atoms with E-state index in [0.717, 1.165) is 39.1 Å². The minimum absolute atomic E-state index is 0.656. The van der Waals surface area contributed by atoms with E-state index < -0.39 is 0 Å². The Balaban J connectivity index is 2.43. The summed E-state index contributed by atoms with van der Waals surface area (Å²) in [6.07, 6.45) is 3.45. The Morgan fingerprint density at radius 3 is 2.65 bits per heavy atom. The molecular formula is C17H29NO2. The van der Waals surface area contributed by atoms with E-state index in [9.17, 15) is 0 Å². The molecule has 0 heterocycles. The normalized spacial score (nSPS) is 12.6. The molecule has 1 aromatic rings. The van der Waals surface area contributed by atoms with Crippen LogP contribution in [-0.2, 0) is 15.9 Å². The lowest BCUT2D eigenvalue weighted by Crippen LogP contribution is -2.27. The molecule has 20 heavy (non-hydrogen) atoms. The van der Waals surface area contributed by atoms with Crippen molar-refractivity contribution in [1.29, 1.82) is 0 Å². The van der Waals surface area contributed by atoms with Crippen LogP contribution < -0.4 is 5.32 Å². The van der Waals surface area contributed by atoms with Crippen LogP contribution in [0.4, 0.5) is 0 Å². The lowest BCUT2D eigenvalue weighted by atomic mass is 9.94. The van der Waals surface area contributed by atoms with Gasteiger partial charge in [0.1, 0.15) is 0 Å². The highest BCUT2D eigenvalue weighted by Crippen LogP contribution is 2.15. The molecule has 0 amide bonds. The van der Waals surface area contributed by atoms with Crippen LogP contribution in [0, 0.1) is 12.8 Å². The zero-order valence-corrected chi connectivity index (χ0v) is 13.2. The third-order valence-corrected chi connectivity index (χ3v) is 3.48. The van der Waals surface area contributed by atoms with Crippen molar-refractivity contribution in [3.8, 4) is 0 Å². The van der Waals surface area contributed by atoms with E-state index in [4.69, 9.17) is 9.47 Å². The van der Waals surface area contributed by atoms with Gasteiger partial charge in [-0.15, -0.1) is 0 Å². The van der Waals surface area contributed by atoms with Gasteiger partial charge < -0.3 is 14.8 Å². The van der Waals surface area contributed by atoms with Gasteiger partial charge in [0.2, 0.25) is 0 Å². The molecule has 1 N–H and O–H groups in total. The summed E-state index contributed by atoms with van der Waals surface area (Å²) in [4.78, 5) is 0. The van der Waals surface area contributed by atoms with Crippen LogP contribution in [0.5, 0.6) is 0 Å². The standard InChI is InChI=1S/C17H29NO2/c1-15-6-4-7-16(12-15)13-17(8-5-10-19-2)14-18-9-11-20-3/h4,6-7,12,17-18H,5,8-11,13-14H2,1-3H3. The molecule has 0 fully saturated rings. The number of aryl methyl sites for hydroxylation is 1. The van der Waals surface area contributed by atoms with Crippen molar-refractivity contribution in [2.75, 3.05) is 40.5 Å². The Bertz CT molecular complexity index is 355. The molecule has 0 aliphatic rings. The number of rotatable bonds is 11. The van der Waals surface area contributed by atoms with Crippen molar-refractivity contribution in [2.24, 2.45) is 5.92 Å². The number of benzene rings is 1. The molecule has 1 aromatic carbocycles. The van der Waals surface area contributed by atoms with E-state index in [0.29, 0.717) is 5.92 Å². The summed E-state index contributed by atoms with van der Waals surface area (Å²) in [5.41, 5.74) is 2.77. The topological polar surface area (TPSA) is 30.5 Å². The van der Waals surface area contributed by atoms with E-state index in [1.54, 1.807) is 14.2 Å². The number of hydrogen-bond donors (Lipinski definition) is 1. The van der Waals surface area contributed by atoms with Gasteiger partial charge in [0.15, 0.2) is 0 Å². The van der Waals surface area contributed by atoms with Crippen molar-refractivity contribution in [1.82, 2.24) is 5.32 Å². The molecule has 0 saturated carbocycles. The minimum atomic E-state index is 0.656. The monoisotopic (exact) mass is 279 g/mol. The largest absolute Gasteiger partial charge is 0.385 e. The number of ether oxygens (including phenoxy) is 2. The van der Waals surface area contributed by atoms with Crippen molar-refractivity contribution in [3.63, 3.8) is 0 Å². The summed E-state index contributed by atoms with van der Waals surface area (Å²) in [7, 11) is 3.51. The van der Waals surface area contributed by atoms with Crippen molar-refractivity contribution >= 4 is 0 Å². The molecule has 0 aliphatic heterocycles. The fourth-order valence-corrected chi connectivity index (χ4v) is 2.45. The van der Waals surface area contributed by atoms with Gasteiger partial charge in [0.05, 0.1) is 6.61 Å². The maximum absolute atomic E-state index is 5.16. The van der Waals surface area contributed by atoms with Gasteiger partial charge >= 0.3 is 0 Å². The molecule has 3 nitrogen and oxygen atoms in total. The number of nitrogens with one attached hydrogen (secondary N) is 1. The summed E-state index contributed by atoms with van der Waals surface area (Å²) in [5.74, 6) is 0.656. The van der Waals surface area contributed by atoms with Crippen LogP contribution in [-0.4, -0.2) is 40.5 Å². The maximum atomic E-state index is 5.16. The molecule has 1 unspecified atom stereocenters. The van der Waals surface area contributed by atoms with E-state index in [1.807, 2.05) is 0 Å². The van der Waals surface area contributed by atoms with Crippen LogP contribution in [0.15, 0.2) is 24.3 Å². The quantitative estimate of drug-likeness (QED) is 0.632. The molecule has 0 bridgehead atoms. The first kappa shape index (κ1) is 17.2. The zero-order chi connectivity index (χ0) is 14.6. The predicted octanol–water partition coefficient (Wildman–Crippen LogP) is 2.82. The van der Waals surface area contributed by atoms with Gasteiger partial charge in [0, 0.05) is 27.4 Å². The zero-order valence-electron chi connectivity index (χ0n) is 13.2. The van der Waals surface area contributed by atoms with E-state index in [2.05, 4.69) is 36.5 Å². The molecule has 0 radical (unpaired) electrons. The second-order valence-corrected chi connectivity index (χ2v) is 5.39. The number of hydrogen-bond acceptors (Lipinski definition) is 3. The van der Waals surface area contributed by atoms with Crippen molar-refractivity contribution < 1.29 is 9.47 Å². The van der Waals surface area contributed by atoms with Crippen LogP contribution in [0.2, 0.25) is 0 Å². The molecule has 0 aromatic heterocycles. The van der Waals surface area contributed by atoms with Gasteiger partial charge in [-0.05, 0) is 44.2 Å². The predicted molar refractivity (Wildman–Crippen MR) is 84.2 cm³/mol. The Labute approximate surface area is 123 Å². The Hall–Kier alpha value is -0.900. The third-order valence-electron chi connectivity index (χ3n) is 3.48. The molecule has 0 saturated heterocycles. The lowest BCUT2D eigenvalue weighted by molar-refractivity contribution is 0.183. The Morgan fingerprint density at radius 2 is 1.95 bits per heavy atom. The van der Waals surface area contributed by atoms with Gasteiger partial charge in [-0.25, -0.2) is 0 Å². The highest BCUT2D eigenvalue weighted by molar-refractivity contribution is 5.22. The maximum Gasteiger partial charge on any atom is 0.0587 e. The van der Waals surface area contributed by atoms with E-state index >= 15 is 0 Å². The third kappa shape index (κ3) is 7.63. The summed E-state index contributed by atoms with van der Waals surface area (Å²) in [6, 6.07) is 8.82. The SMILES string of the molecule is COCCCC(CNCCOC)Cc1cccc(C)c1. The smallest absolute Gasteiger partial charge is 0.0587 e. The van der Waals surface area contributed by atoms with Gasteiger partial charge in [-0.2, -0.15) is 0 Å². The fourth-order valence-electron chi connectivity index (χ4n) is 2.45. The molecule has 3 heteroatoms. The van der Waals surface area contributed by atoms with E-state index in [-0.39, 0.29) is 0 Å². The van der Waals surface area contributed by atoms with Crippen LogP contribution >= 0.6 is 0 Å². The average molecular weight is 279 g/mol. The highest BCUT2D eigenvalue weighted by Gasteiger charge is 2.09. The summed E-state index contributed by atoms with van der Waals surface area (Å²) < 4.78 is 10.2. The van der Waals surface area contributed by atoms with Gasteiger partial charge in [0.25, 0.3) is 0 Å². The first-order chi connectivity index (χ1) is 9.76. The minimum Gasteiger partial charge on any atom is -0.385 e. The Morgan fingerprint density at radius 1 is 1.15 bits per heavy atom. The summed E-state index contributed by atoms with van der Waals surface area (Å²) >= 11 is 0. The summed E-state index contributed by atoms with van der Waals surface area (Å²) in [5, 5.41) is 3.48. The summed E-state index contributed by atoms with van der Waals surface area (Å²) in [6.45, 7) is 5.74. The van der Waals surface area contributed by atoms with Crippen LogP contribution in [0.3, 0.4) is 0 Å². The van der Waals surface area contributed by atoms with Crippen LogP contribution in [0.1, 0.15) is 24.0 Å². The van der Waals surface area contributed by atoms with Gasteiger partial charge in [-0.1, -0.05) is 29.8 Å². The fraction of sp³-hybridized carbons (Fsp3) is 0.647. The first-order valence-corrected chi connectivity index (χ1v) is 7.50. The van der Waals surface area contributed by atoms with Gasteiger partial charge in [-0.3, -0.25) is 0 Å². The van der Waals surface area contributed by atoms with E-state index in [1.165, 1.54) is 17.5 Å². The second-order valence-electron chi connectivity index (χ2n) is 5.39. The average Bonchev–Trinajstić information content (AvgIpc) is 2.43. The molecule has 1 rings (SSSR count). The molecular weight excluding hydrogens is 250 g/mol. The second kappa shape index (κ2) is 10.8. The molecule has 1 atom stereocenters. The molecule has 0 aliphatic carbocycles. The van der Waals surface area contributed by atoms with Crippen molar-refractivity contribution in [3.05, 3.63) is 35.4 Å². The lowest BCUT2D eigenvalue weighted by Gasteiger charge is -2.18. The molecule has 114 valence electrons. The van der Waals surface area contributed by atoms with Crippen molar-refractivity contribution in [2.45, 2.75) is 26.2 Å². The van der Waals surface area contributed by atoms with Crippen LogP contribution in [0.25, 0.3) is 0 Å². The Kier molecular flexibility index (Phi) is 9.29. The molecule has 0 spiro atoms.